The maximum atomic E-state index is 9.74. The lowest BCUT2D eigenvalue weighted by Gasteiger charge is -2.31. The molecule has 0 saturated carbocycles. The third-order valence-corrected chi connectivity index (χ3v) is 2.66. The zero-order valence-corrected chi connectivity index (χ0v) is 11.2. The molecule has 0 bridgehead atoms. The molecule has 0 radical (unpaired) electrons. The average molecular weight is 334 g/mol. The summed E-state index contributed by atoms with van der Waals surface area (Å²) in [7, 11) is 0. The molecule has 0 aliphatic carbocycles. The Bertz CT molecular complexity index is 318. The minimum atomic E-state index is -2.32. The Kier molecular flexibility index (Phi) is 3.95. The average Bonchev–Trinajstić information content (AvgIpc) is 2.00. The molecule has 1 aliphatic heterocycles. The molecule has 0 aromatic heterocycles. The van der Waals surface area contributed by atoms with Crippen molar-refractivity contribution < 1.29 is 5.11 Å². The van der Waals surface area contributed by atoms with Crippen LogP contribution < -0.4 is 5.32 Å². The molecular weight excluding hydrogens is 331 g/mol. The van der Waals surface area contributed by atoms with Crippen molar-refractivity contribution in [3.63, 3.8) is 0 Å². The third-order valence-electron chi connectivity index (χ3n) is 1.36. The molecule has 1 rings (SSSR count). The summed E-state index contributed by atoms with van der Waals surface area (Å²) in [6, 6.07) is 0. The number of hydrogen-bond donors (Lipinski definition) is 2. The predicted molar refractivity (Wildman–Crippen MR) is 64.6 cm³/mol. The third kappa shape index (κ3) is 3.16. The van der Waals surface area contributed by atoms with Crippen LogP contribution in [0.1, 0.15) is 0 Å². The molecular formula is C5H3Cl6N3O. The van der Waals surface area contributed by atoms with E-state index in [9.17, 15) is 5.11 Å². The first kappa shape index (κ1) is 13.9. The van der Waals surface area contributed by atoms with E-state index < -0.39 is 13.4 Å². The van der Waals surface area contributed by atoms with Gasteiger partial charge in [0.1, 0.15) is 0 Å². The molecule has 86 valence electrons. The molecule has 10 heteroatoms. The van der Waals surface area contributed by atoms with E-state index >= 15 is 0 Å². The Morgan fingerprint density at radius 3 is 2.13 bits per heavy atom. The van der Waals surface area contributed by atoms with Crippen molar-refractivity contribution in [2.45, 2.75) is 13.4 Å². The summed E-state index contributed by atoms with van der Waals surface area (Å²) in [4.78, 5) is 6.98. The second-order valence-corrected chi connectivity index (χ2v) is 7.06. The fraction of sp³-hybridized carbons (Fsp3) is 0.600. The van der Waals surface area contributed by atoms with Gasteiger partial charge in [0, 0.05) is 0 Å². The van der Waals surface area contributed by atoms with Crippen LogP contribution in [0.15, 0.2) is 9.98 Å². The van der Waals surface area contributed by atoms with Crippen molar-refractivity contribution in [3.8, 4) is 0 Å². The normalized spacial score (nSPS) is 27.3. The quantitative estimate of drug-likeness (QED) is 0.669. The van der Waals surface area contributed by atoms with Gasteiger partial charge in [0.15, 0.2) is 5.84 Å². The Labute approximate surface area is 115 Å². The second kappa shape index (κ2) is 4.26. The summed E-state index contributed by atoms with van der Waals surface area (Å²) in [5.74, 6) is -2.52. The maximum absolute atomic E-state index is 9.74. The zero-order valence-electron chi connectivity index (χ0n) is 6.69. The van der Waals surface area contributed by atoms with Gasteiger partial charge in [0.25, 0.3) is 3.79 Å². The molecule has 0 amide bonds. The summed E-state index contributed by atoms with van der Waals surface area (Å²) in [6.45, 7) is 0. The van der Waals surface area contributed by atoms with E-state index in [1.807, 2.05) is 0 Å². The first-order valence-corrected chi connectivity index (χ1v) is 5.59. The van der Waals surface area contributed by atoms with Crippen LogP contribution in [0.5, 0.6) is 0 Å². The number of aliphatic imine (C=N–C) groups is 2. The standard InChI is InChI=1S/C5H3Cl6N3O/c6-3(7,8)2-12-1-13-5(15,14-2)4(9,10)11/h1,15H,(H,12,13,14). The van der Waals surface area contributed by atoms with E-state index in [0.717, 1.165) is 6.34 Å². The second-order valence-electron chi connectivity index (χ2n) is 2.49. The Morgan fingerprint density at radius 1 is 1.20 bits per heavy atom. The van der Waals surface area contributed by atoms with Gasteiger partial charge in [-0.05, 0) is 0 Å². The molecule has 15 heavy (non-hydrogen) atoms. The van der Waals surface area contributed by atoms with Crippen molar-refractivity contribution in [3.05, 3.63) is 0 Å². The minimum Gasteiger partial charge on any atom is -0.348 e. The number of nitrogens with zero attached hydrogens (tertiary/aromatic N) is 2. The van der Waals surface area contributed by atoms with E-state index in [1.165, 1.54) is 0 Å². The Morgan fingerprint density at radius 2 is 1.73 bits per heavy atom. The number of halogens is 6. The van der Waals surface area contributed by atoms with Crippen LogP contribution in [0.2, 0.25) is 0 Å². The van der Waals surface area contributed by atoms with E-state index in [-0.39, 0.29) is 5.84 Å². The molecule has 0 saturated heterocycles. The van der Waals surface area contributed by atoms with Crippen LogP contribution >= 0.6 is 69.6 Å². The smallest absolute Gasteiger partial charge is 0.306 e. The van der Waals surface area contributed by atoms with E-state index in [4.69, 9.17) is 69.6 Å². The number of nitrogens with one attached hydrogen (secondary N) is 1. The molecule has 0 spiro atoms. The number of hydrogen-bond acceptors (Lipinski definition) is 4. The number of amidine groups is 1. The SMILES string of the molecule is OC1(C(Cl)(Cl)Cl)N=CNC(C(Cl)(Cl)Cl)=N1. The molecule has 1 aliphatic rings. The molecule has 2 N–H and O–H groups in total. The molecule has 4 nitrogen and oxygen atoms in total. The predicted octanol–water partition coefficient (Wildman–Crippen LogP) is 2.40. The lowest BCUT2D eigenvalue weighted by Crippen LogP contribution is -2.48. The summed E-state index contributed by atoms with van der Waals surface area (Å²) in [6.07, 6.45) is 1.02. The van der Waals surface area contributed by atoms with Crippen molar-refractivity contribution in [2.24, 2.45) is 9.98 Å². The van der Waals surface area contributed by atoms with E-state index in [0.29, 0.717) is 0 Å². The zero-order chi connectivity index (χ0) is 11.9. The maximum Gasteiger partial charge on any atom is 0.306 e. The molecule has 0 fully saturated rings. The van der Waals surface area contributed by atoms with Gasteiger partial charge in [0.2, 0.25) is 3.79 Å². The van der Waals surface area contributed by atoms with Gasteiger partial charge in [-0.2, -0.15) is 0 Å². The van der Waals surface area contributed by atoms with Gasteiger partial charge in [-0.1, -0.05) is 69.6 Å². The van der Waals surface area contributed by atoms with Gasteiger partial charge in [0.05, 0.1) is 6.34 Å². The van der Waals surface area contributed by atoms with Crippen LogP contribution in [0.3, 0.4) is 0 Å². The van der Waals surface area contributed by atoms with Crippen molar-refractivity contribution in [1.29, 1.82) is 0 Å². The Hall–Kier alpha value is 0.840. The van der Waals surface area contributed by atoms with Gasteiger partial charge in [-0.25, -0.2) is 9.98 Å². The van der Waals surface area contributed by atoms with Gasteiger partial charge in [-0.15, -0.1) is 0 Å². The number of alkyl halides is 6. The topological polar surface area (TPSA) is 57.0 Å². The largest absolute Gasteiger partial charge is 0.348 e. The molecule has 0 aromatic rings. The van der Waals surface area contributed by atoms with E-state index in [1.54, 1.807) is 0 Å². The lowest BCUT2D eigenvalue weighted by molar-refractivity contribution is 0.0620. The molecule has 1 heterocycles. The first-order chi connectivity index (χ1) is 6.56. The van der Waals surface area contributed by atoms with Crippen LogP contribution in [0.25, 0.3) is 0 Å². The summed E-state index contributed by atoms with van der Waals surface area (Å²) < 4.78 is -4.05. The van der Waals surface area contributed by atoms with Crippen LogP contribution in [0.4, 0.5) is 0 Å². The molecule has 0 aromatic carbocycles. The number of rotatable bonds is 0. The summed E-state index contributed by atoms with van der Waals surface area (Å²) >= 11 is 33.0. The molecule has 1 unspecified atom stereocenters. The lowest BCUT2D eigenvalue weighted by atomic mass is 10.4. The van der Waals surface area contributed by atoms with Crippen molar-refractivity contribution in [1.82, 2.24) is 5.32 Å². The van der Waals surface area contributed by atoms with E-state index in [2.05, 4.69) is 15.3 Å². The highest BCUT2D eigenvalue weighted by molar-refractivity contribution is 6.77. The summed E-state index contributed by atoms with van der Waals surface area (Å²) in [5.41, 5.74) is 0. The highest BCUT2D eigenvalue weighted by Crippen LogP contribution is 2.42. The first-order valence-electron chi connectivity index (χ1n) is 3.33. The van der Waals surface area contributed by atoms with Crippen molar-refractivity contribution in [2.75, 3.05) is 0 Å². The highest BCUT2D eigenvalue weighted by atomic mass is 35.6. The van der Waals surface area contributed by atoms with Crippen LogP contribution in [0, 0.1) is 0 Å². The van der Waals surface area contributed by atoms with Crippen LogP contribution in [-0.4, -0.2) is 30.7 Å². The van der Waals surface area contributed by atoms with Crippen LogP contribution in [-0.2, 0) is 0 Å². The highest BCUT2D eigenvalue weighted by Gasteiger charge is 2.50. The van der Waals surface area contributed by atoms with Gasteiger partial charge < -0.3 is 10.4 Å². The van der Waals surface area contributed by atoms with Crippen molar-refractivity contribution >= 4 is 81.8 Å². The van der Waals surface area contributed by atoms with Gasteiger partial charge >= 0.3 is 5.85 Å². The molecule has 1 atom stereocenters. The fourth-order valence-corrected chi connectivity index (χ4v) is 1.25. The monoisotopic (exact) mass is 331 g/mol. The Balaban J connectivity index is 3.10. The van der Waals surface area contributed by atoms with Gasteiger partial charge in [-0.3, -0.25) is 0 Å². The fourth-order valence-electron chi connectivity index (χ4n) is 0.682. The minimum absolute atomic E-state index is 0.198. The number of aliphatic hydroxyl groups is 1. The summed E-state index contributed by atoms with van der Waals surface area (Å²) in [5, 5.41) is 12.2.